The van der Waals surface area contributed by atoms with E-state index in [2.05, 4.69) is 24.0 Å². The maximum atomic E-state index is 8.59. The Kier molecular flexibility index (Phi) is 2.86. The molecule has 14 heavy (non-hydrogen) atoms. The molecule has 0 atom stereocenters. The molecule has 1 aliphatic carbocycles. The zero-order valence-corrected chi connectivity index (χ0v) is 8.21. The summed E-state index contributed by atoms with van der Waals surface area (Å²) in [7, 11) is 0. The van der Waals surface area contributed by atoms with Crippen molar-refractivity contribution in [2.45, 2.75) is 25.7 Å². The van der Waals surface area contributed by atoms with Crippen LogP contribution < -0.4 is 0 Å². The predicted octanol–water partition coefficient (Wildman–Crippen LogP) is 1.91. The second-order valence-corrected chi connectivity index (χ2v) is 3.65. The number of hydrogen-bond acceptors (Lipinski definition) is 1. The quantitative estimate of drug-likeness (QED) is 0.614. The molecule has 0 saturated heterocycles. The molecule has 0 fully saturated rings. The Balaban J connectivity index is 2.29. The van der Waals surface area contributed by atoms with Crippen LogP contribution in [0, 0.1) is 11.8 Å². The summed E-state index contributed by atoms with van der Waals surface area (Å²) in [6.07, 6.45) is 5.01. The van der Waals surface area contributed by atoms with Crippen LogP contribution in [0.2, 0.25) is 0 Å². The van der Waals surface area contributed by atoms with Gasteiger partial charge >= 0.3 is 0 Å². The standard InChI is InChI=1S/C13H14O/c14-9-3-4-11-7-8-12-5-1-2-6-13(12)10-11/h7-8,10,14H,1-2,5-6,9H2. The molecule has 0 unspecified atom stereocenters. The molecule has 0 radical (unpaired) electrons. The van der Waals surface area contributed by atoms with E-state index >= 15 is 0 Å². The third kappa shape index (κ3) is 1.97. The van der Waals surface area contributed by atoms with E-state index < -0.39 is 0 Å². The Morgan fingerprint density at radius 1 is 1.14 bits per heavy atom. The Bertz CT molecular complexity index is 382. The van der Waals surface area contributed by atoms with Gasteiger partial charge in [0.2, 0.25) is 0 Å². The molecule has 0 amide bonds. The van der Waals surface area contributed by atoms with E-state index in [0.29, 0.717) is 0 Å². The Labute approximate surface area is 84.8 Å². The zero-order chi connectivity index (χ0) is 9.80. The van der Waals surface area contributed by atoms with Crippen molar-refractivity contribution in [2.24, 2.45) is 0 Å². The van der Waals surface area contributed by atoms with E-state index in [9.17, 15) is 0 Å². The smallest absolute Gasteiger partial charge is 0.104 e. The van der Waals surface area contributed by atoms with Gasteiger partial charge in [-0.15, -0.1) is 0 Å². The summed E-state index contributed by atoms with van der Waals surface area (Å²) >= 11 is 0. The van der Waals surface area contributed by atoms with Crippen LogP contribution in [-0.2, 0) is 12.8 Å². The van der Waals surface area contributed by atoms with Gasteiger partial charge in [0, 0.05) is 5.56 Å². The lowest BCUT2D eigenvalue weighted by atomic mass is 9.90. The molecular formula is C13H14O. The lowest BCUT2D eigenvalue weighted by Gasteiger charge is -2.15. The second-order valence-electron chi connectivity index (χ2n) is 3.65. The van der Waals surface area contributed by atoms with Crippen molar-refractivity contribution in [3.05, 3.63) is 34.9 Å². The third-order valence-electron chi connectivity index (χ3n) is 2.66. The number of aliphatic hydroxyl groups is 1. The molecule has 0 aliphatic heterocycles. The molecule has 1 heteroatoms. The van der Waals surface area contributed by atoms with E-state index in [0.717, 1.165) is 5.56 Å². The van der Waals surface area contributed by atoms with Crippen molar-refractivity contribution in [3.8, 4) is 11.8 Å². The van der Waals surface area contributed by atoms with Crippen molar-refractivity contribution in [2.75, 3.05) is 6.61 Å². The van der Waals surface area contributed by atoms with Crippen molar-refractivity contribution in [1.82, 2.24) is 0 Å². The highest BCUT2D eigenvalue weighted by Crippen LogP contribution is 2.21. The zero-order valence-electron chi connectivity index (χ0n) is 8.21. The number of rotatable bonds is 0. The lowest BCUT2D eigenvalue weighted by molar-refractivity contribution is 0.350. The van der Waals surface area contributed by atoms with Gasteiger partial charge in [-0.1, -0.05) is 17.9 Å². The maximum absolute atomic E-state index is 8.59. The molecule has 1 N–H and O–H groups in total. The van der Waals surface area contributed by atoms with Crippen LogP contribution in [0.4, 0.5) is 0 Å². The van der Waals surface area contributed by atoms with Crippen LogP contribution in [0.3, 0.4) is 0 Å². The number of aryl methyl sites for hydroxylation is 2. The van der Waals surface area contributed by atoms with E-state index in [-0.39, 0.29) is 6.61 Å². The van der Waals surface area contributed by atoms with Crippen LogP contribution >= 0.6 is 0 Å². The molecule has 1 aromatic rings. The molecular weight excluding hydrogens is 172 g/mol. The molecule has 72 valence electrons. The molecule has 1 aromatic carbocycles. The molecule has 0 bridgehead atoms. The minimum Gasteiger partial charge on any atom is -0.384 e. The number of benzene rings is 1. The highest BCUT2D eigenvalue weighted by molar-refractivity contribution is 5.41. The summed E-state index contributed by atoms with van der Waals surface area (Å²) in [5.41, 5.74) is 3.95. The van der Waals surface area contributed by atoms with Crippen LogP contribution in [0.15, 0.2) is 18.2 Å². The van der Waals surface area contributed by atoms with Gasteiger partial charge in [0.25, 0.3) is 0 Å². The fraction of sp³-hybridized carbons (Fsp3) is 0.385. The first-order valence-electron chi connectivity index (χ1n) is 5.11. The van der Waals surface area contributed by atoms with Crippen molar-refractivity contribution in [3.63, 3.8) is 0 Å². The molecule has 1 aliphatic rings. The van der Waals surface area contributed by atoms with Gasteiger partial charge in [-0.2, -0.15) is 0 Å². The second kappa shape index (κ2) is 4.30. The third-order valence-corrected chi connectivity index (χ3v) is 2.66. The van der Waals surface area contributed by atoms with Gasteiger partial charge in [-0.3, -0.25) is 0 Å². The molecule has 2 rings (SSSR count). The molecule has 0 heterocycles. The Morgan fingerprint density at radius 2 is 1.93 bits per heavy atom. The minimum atomic E-state index is -0.0584. The monoisotopic (exact) mass is 186 g/mol. The van der Waals surface area contributed by atoms with E-state index in [1.165, 1.54) is 36.8 Å². The molecule has 0 saturated carbocycles. The van der Waals surface area contributed by atoms with Crippen molar-refractivity contribution in [1.29, 1.82) is 0 Å². The van der Waals surface area contributed by atoms with Gasteiger partial charge in [-0.05, 0) is 48.9 Å². The van der Waals surface area contributed by atoms with Crippen LogP contribution in [0.1, 0.15) is 29.5 Å². The first-order chi connectivity index (χ1) is 6.90. The molecule has 0 spiro atoms. The van der Waals surface area contributed by atoms with Crippen molar-refractivity contribution < 1.29 is 5.11 Å². The van der Waals surface area contributed by atoms with Gasteiger partial charge in [0.1, 0.15) is 6.61 Å². The Morgan fingerprint density at radius 3 is 2.71 bits per heavy atom. The van der Waals surface area contributed by atoms with E-state index in [4.69, 9.17) is 5.11 Å². The van der Waals surface area contributed by atoms with E-state index in [1.54, 1.807) is 0 Å². The summed E-state index contributed by atoms with van der Waals surface area (Å²) in [5.74, 6) is 5.62. The van der Waals surface area contributed by atoms with Crippen LogP contribution in [0.5, 0.6) is 0 Å². The summed E-state index contributed by atoms with van der Waals surface area (Å²) in [6.45, 7) is -0.0584. The highest BCUT2D eigenvalue weighted by atomic mass is 16.2. The lowest BCUT2D eigenvalue weighted by Crippen LogP contribution is -2.02. The van der Waals surface area contributed by atoms with Crippen LogP contribution in [-0.4, -0.2) is 11.7 Å². The SMILES string of the molecule is OCC#Cc1ccc2c(c1)CCCC2. The average molecular weight is 186 g/mol. The van der Waals surface area contributed by atoms with Gasteiger partial charge in [0.05, 0.1) is 0 Å². The first kappa shape index (κ1) is 9.30. The normalized spacial score (nSPS) is 14.1. The summed E-state index contributed by atoms with van der Waals surface area (Å²) in [6, 6.07) is 6.39. The molecule has 0 aromatic heterocycles. The summed E-state index contributed by atoms with van der Waals surface area (Å²) in [5, 5.41) is 8.59. The van der Waals surface area contributed by atoms with Crippen LogP contribution in [0.25, 0.3) is 0 Å². The fourth-order valence-electron chi connectivity index (χ4n) is 1.95. The van der Waals surface area contributed by atoms with Gasteiger partial charge in [0.15, 0.2) is 0 Å². The van der Waals surface area contributed by atoms with Gasteiger partial charge < -0.3 is 5.11 Å². The van der Waals surface area contributed by atoms with Gasteiger partial charge in [-0.25, -0.2) is 0 Å². The molecule has 1 nitrogen and oxygen atoms in total. The first-order valence-corrected chi connectivity index (χ1v) is 5.11. The predicted molar refractivity (Wildman–Crippen MR) is 57.0 cm³/mol. The summed E-state index contributed by atoms with van der Waals surface area (Å²) < 4.78 is 0. The Hall–Kier alpha value is -1.26. The van der Waals surface area contributed by atoms with E-state index in [1.807, 2.05) is 6.07 Å². The number of aliphatic hydroxyl groups excluding tert-OH is 1. The van der Waals surface area contributed by atoms with Crippen molar-refractivity contribution >= 4 is 0 Å². The largest absolute Gasteiger partial charge is 0.384 e. The minimum absolute atomic E-state index is 0.0584. The maximum Gasteiger partial charge on any atom is 0.104 e. The number of hydrogen-bond donors (Lipinski definition) is 1. The summed E-state index contributed by atoms with van der Waals surface area (Å²) in [4.78, 5) is 0. The fourth-order valence-corrected chi connectivity index (χ4v) is 1.95. The average Bonchev–Trinajstić information content (AvgIpc) is 2.26. The highest BCUT2D eigenvalue weighted by Gasteiger charge is 2.08. The number of fused-ring (bicyclic) bond motifs is 1. The topological polar surface area (TPSA) is 20.2 Å².